The van der Waals surface area contributed by atoms with Gasteiger partial charge in [-0.25, -0.2) is 17.8 Å². The molecule has 0 saturated carbocycles. The van der Waals surface area contributed by atoms with Crippen molar-refractivity contribution in [2.24, 2.45) is 0 Å². The summed E-state index contributed by atoms with van der Waals surface area (Å²) >= 11 is 6.16. The molecule has 39 heavy (non-hydrogen) atoms. The molecule has 3 aromatic carbocycles. The number of sulfonamides is 1. The number of pyridine rings is 1. The summed E-state index contributed by atoms with van der Waals surface area (Å²) in [6, 6.07) is 27.0. The molecular weight excluding hydrogens is 535 g/mol. The van der Waals surface area contributed by atoms with Crippen molar-refractivity contribution >= 4 is 27.3 Å². The van der Waals surface area contributed by atoms with E-state index in [-0.39, 0.29) is 4.90 Å². The SMILES string of the molecule is O=S(=O)(c1ccc(F)cc1)N1CCN(Cc2c(-c3ccc(Cl)cc3)nc3ccc(-c4ccccc4)cn23)CC1. The third-order valence-corrected chi connectivity index (χ3v) is 9.26. The zero-order valence-electron chi connectivity index (χ0n) is 21.0. The van der Waals surface area contributed by atoms with E-state index < -0.39 is 15.8 Å². The maximum absolute atomic E-state index is 13.3. The molecule has 1 aliphatic rings. The van der Waals surface area contributed by atoms with Crippen LogP contribution >= 0.6 is 11.6 Å². The van der Waals surface area contributed by atoms with Crippen LogP contribution in [0.5, 0.6) is 0 Å². The van der Waals surface area contributed by atoms with Gasteiger partial charge in [0.25, 0.3) is 0 Å². The summed E-state index contributed by atoms with van der Waals surface area (Å²) in [7, 11) is -3.68. The lowest BCUT2D eigenvalue weighted by atomic mass is 10.1. The van der Waals surface area contributed by atoms with Crippen LogP contribution in [0.2, 0.25) is 5.02 Å². The first-order valence-corrected chi connectivity index (χ1v) is 14.5. The summed E-state index contributed by atoms with van der Waals surface area (Å²) in [4.78, 5) is 7.32. The molecular formula is C30H26ClFN4O2S. The van der Waals surface area contributed by atoms with E-state index >= 15 is 0 Å². The summed E-state index contributed by atoms with van der Waals surface area (Å²) in [6.07, 6.45) is 2.11. The second kappa shape index (κ2) is 10.5. The van der Waals surface area contributed by atoms with Gasteiger partial charge in [0.05, 0.1) is 16.3 Å². The molecule has 0 atom stereocenters. The maximum Gasteiger partial charge on any atom is 0.243 e. The quantitative estimate of drug-likeness (QED) is 0.257. The van der Waals surface area contributed by atoms with Crippen molar-refractivity contribution in [1.29, 1.82) is 0 Å². The number of hydrogen-bond donors (Lipinski definition) is 0. The Morgan fingerprint density at radius 3 is 2.13 bits per heavy atom. The molecule has 6 nitrogen and oxygen atoms in total. The summed E-state index contributed by atoms with van der Waals surface area (Å²) < 4.78 is 43.1. The highest BCUT2D eigenvalue weighted by Crippen LogP contribution is 2.30. The van der Waals surface area contributed by atoms with E-state index in [2.05, 4.69) is 33.7 Å². The second-order valence-electron chi connectivity index (χ2n) is 9.56. The molecule has 3 heterocycles. The highest BCUT2D eigenvalue weighted by Gasteiger charge is 2.29. The van der Waals surface area contributed by atoms with Gasteiger partial charge in [0.2, 0.25) is 10.0 Å². The minimum atomic E-state index is -3.68. The molecule has 0 radical (unpaired) electrons. The number of piperazine rings is 1. The zero-order valence-corrected chi connectivity index (χ0v) is 22.6. The van der Waals surface area contributed by atoms with E-state index in [1.807, 2.05) is 48.5 Å². The molecule has 2 aromatic heterocycles. The Morgan fingerprint density at radius 1 is 0.769 bits per heavy atom. The maximum atomic E-state index is 13.3. The lowest BCUT2D eigenvalue weighted by Gasteiger charge is -2.34. The number of halogens is 2. The third kappa shape index (κ3) is 5.21. The number of fused-ring (bicyclic) bond motifs is 1. The van der Waals surface area contributed by atoms with Crippen LogP contribution in [-0.2, 0) is 16.6 Å². The number of benzene rings is 3. The molecule has 5 aromatic rings. The van der Waals surface area contributed by atoms with Crippen LogP contribution in [0.1, 0.15) is 5.69 Å². The molecule has 6 rings (SSSR count). The van der Waals surface area contributed by atoms with Crippen LogP contribution in [0, 0.1) is 5.82 Å². The molecule has 0 bridgehead atoms. The standard InChI is InChI=1S/C30H26ClFN4O2S/c31-25-9-6-23(7-10-25)30-28(36-20-24(8-15-29(36)33-30)22-4-2-1-3-5-22)21-34-16-18-35(19-17-34)39(37,38)27-13-11-26(32)12-14-27/h1-15,20H,16-19,21H2. The third-order valence-electron chi connectivity index (χ3n) is 7.10. The average Bonchev–Trinajstić information content (AvgIpc) is 3.32. The van der Waals surface area contributed by atoms with Crippen molar-refractivity contribution < 1.29 is 12.8 Å². The zero-order chi connectivity index (χ0) is 27.0. The molecule has 9 heteroatoms. The van der Waals surface area contributed by atoms with Gasteiger partial charge in [0, 0.05) is 49.5 Å². The van der Waals surface area contributed by atoms with Gasteiger partial charge in [-0.2, -0.15) is 4.31 Å². The molecule has 198 valence electrons. The van der Waals surface area contributed by atoms with Gasteiger partial charge >= 0.3 is 0 Å². The average molecular weight is 561 g/mol. The van der Waals surface area contributed by atoms with Gasteiger partial charge in [0.15, 0.2) is 0 Å². The fourth-order valence-corrected chi connectivity index (χ4v) is 6.53. The molecule has 1 saturated heterocycles. The molecule has 0 spiro atoms. The van der Waals surface area contributed by atoms with E-state index in [4.69, 9.17) is 16.6 Å². The van der Waals surface area contributed by atoms with E-state index in [1.54, 1.807) is 0 Å². The van der Waals surface area contributed by atoms with Crippen molar-refractivity contribution in [3.8, 4) is 22.4 Å². The van der Waals surface area contributed by atoms with Gasteiger partial charge in [0.1, 0.15) is 11.5 Å². The Kier molecular flexibility index (Phi) is 6.95. The van der Waals surface area contributed by atoms with E-state index in [9.17, 15) is 12.8 Å². The fourth-order valence-electron chi connectivity index (χ4n) is 4.98. The number of hydrogen-bond acceptors (Lipinski definition) is 4. The Bertz CT molecular complexity index is 1720. The van der Waals surface area contributed by atoms with Crippen LogP contribution in [0.25, 0.3) is 28.0 Å². The molecule has 0 N–H and O–H groups in total. The number of aromatic nitrogens is 2. The summed E-state index contributed by atoms with van der Waals surface area (Å²) in [5.41, 5.74) is 5.91. The molecule has 1 fully saturated rings. The van der Waals surface area contributed by atoms with E-state index in [0.717, 1.165) is 33.7 Å². The van der Waals surface area contributed by atoms with Crippen molar-refractivity contribution in [2.45, 2.75) is 11.4 Å². The molecule has 1 aliphatic heterocycles. The van der Waals surface area contributed by atoms with Crippen LogP contribution in [-0.4, -0.2) is 53.2 Å². The van der Waals surface area contributed by atoms with Crippen LogP contribution in [0.15, 0.2) is 102 Å². The highest BCUT2D eigenvalue weighted by atomic mass is 35.5. The highest BCUT2D eigenvalue weighted by molar-refractivity contribution is 7.89. The van der Waals surface area contributed by atoms with Gasteiger partial charge in [-0.3, -0.25) is 4.90 Å². The summed E-state index contributed by atoms with van der Waals surface area (Å²) in [5, 5.41) is 0.661. The largest absolute Gasteiger partial charge is 0.301 e. The lowest BCUT2D eigenvalue weighted by Crippen LogP contribution is -2.48. The van der Waals surface area contributed by atoms with Gasteiger partial charge in [-0.05, 0) is 59.7 Å². The minimum absolute atomic E-state index is 0.109. The van der Waals surface area contributed by atoms with Crippen LogP contribution in [0.4, 0.5) is 4.39 Å². The van der Waals surface area contributed by atoms with Gasteiger partial charge in [-0.15, -0.1) is 0 Å². The lowest BCUT2D eigenvalue weighted by molar-refractivity contribution is 0.180. The first-order valence-electron chi connectivity index (χ1n) is 12.7. The normalized spacial score (nSPS) is 15.1. The van der Waals surface area contributed by atoms with Crippen molar-refractivity contribution in [1.82, 2.24) is 18.6 Å². The predicted octanol–water partition coefficient (Wildman–Crippen LogP) is 5.97. The van der Waals surface area contributed by atoms with E-state index in [1.165, 1.54) is 28.6 Å². The number of rotatable bonds is 6. The topological polar surface area (TPSA) is 57.9 Å². The Labute approximate surface area is 232 Å². The van der Waals surface area contributed by atoms with E-state index in [0.29, 0.717) is 37.7 Å². The van der Waals surface area contributed by atoms with Crippen LogP contribution in [0.3, 0.4) is 0 Å². The van der Waals surface area contributed by atoms with Gasteiger partial charge in [-0.1, -0.05) is 54.1 Å². The van der Waals surface area contributed by atoms with Crippen molar-refractivity contribution in [3.05, 3.63) is 114 Å². The van der Waals surface area contributed by atoms with Gasteiger partial charge < -0.3 is 4.40 Å². The van der Waals surface area contributed by atoms with Crippen molar-refractivity contribution in [3.63, 3.8) is 0 Å². The number of imidazole rings is 1. The fraction of sp³-hybridized carbons (Fsp3) is 0.167. The smallest absolute Gasteiger partial charge is 0.243 e. The monoisotopic (exact) mass is 560 g/mol. The first-order chi connectivity index (χ1) is 18.9. The predicted molar refractivity (Wildman–Crippen MR) is 152 cm³/mol. The Hall–Kier alpha value is -3.56. The molecule has 0 aliphatic carbocycles. The van der Waals surface area contributed by atoms with Crippen molar-refractivity contribution in [2.75, 3.05) is 26.2 Å². The minimum Gasteiger partial charge on any atom is -0.301 e. The summed E-state index contributed by atoms with van der Waals surface area (Å²) in [6.45, 7) is 2.42. The van der Waals surface area contributed by atoms with Crippen LogP contribution < -0.4 is 0 Å². The summed E-state index contributed by atoms with van der Waals surface area (Å²) in [5.74, 6) is -0.460. The Balaban J connectivity index is 1.30. The second-order valence-corrected chi connectivity index (χ2v) is 11.9. The first kappa shape index (κ1) is 25.7. The Morgan fingerprint density at radius 2 is 1.44 bits per heavy atom. The number of nitrogens with zero attached hydrogens (tertiary/aromatic N) is 4. The molecule has 0 amide bonds. The molecule has 0 unspecified atom stereocenters.